The van der Waals surface area contributed by atoms with Crippen molar-refractivity contribution >= 4 is 115 Å². The van der Waals surface area contributed by atoms with Crippen LogP contribution in [-0.4, -0.2) is 13.4 Å². The molecule has 1 unspecified atom stereocenters. The van der Waals surface area contributed by atoms with Gasteiger partial charge in [-0.05, 0) is 399 Å². The molecule has 4 aliphatic heterocycles. The zero-order valence-electron chi connectivity index (χ0n) is 95.4. The average Bonchev–Trinajstić information content (AvgIpc) is 1.65. The van der Waals surface area contributed by atoms with Gasteiger partial charge in [-0.15, -0.1) is 0 Å². The number of nitrogens with zero attached hydrogens (tertiary/aromatic N) is 4. The van der Waals surface area contributed by atoms with Crippen LogP contribution in [0.3, 0.4) is 0 Å². The summed E-state index contributed by atoms with van der Waals surface area (Å²) >= 11 is 0. The molecule has 12 aromatic rings. The van der Waals surface area contributed by atoms with Gasteiger partial charge in [0.15, 0.2) is 0 Å². The van der Waals surface area contributed by atoms with Crippen LogP contribution in [0, 0.1) is 6.92 Å². The third kappa shape index (κ3) is 14.3. The maximum atomic E-state index is 8.41. The zero-order chi connectivity index (χ0) is 103. The molecule has 0 spiro atoms. The van der Waals surface area contributed by atoms with Crippen LogP contribution in [0.5, 0.6) is 0 Å². The van der Waals surface area contributed by atoms with E-state index < -0.39 is 0 Å². The first-order valence-electron chi connectivity index (χ1n) is 56.5. The summed E-state index contributed by atoms with van der Waals surface area (Å²) in [5.74, 6) is 2.33. The Morgan fingerprint density at radius 1 is 0.262 bits per heavy atom. The van der Waals surface area contributed by atoms with Crippen LogP contribution in [0.25, 0.3) is 22.3 Å². The number of hydrogen-bond donors (Lipinski definition) is 0. The molecule has 752 valence electrons. The fourth-order valence-electron chi connectivity index (χ4n) is 30.8. The van der Waals surface area contributed by atoms with Crippen molar-refractivity contribution in [3.63, 3.8) is 0 Å². The van der Waals surface area contributed by atoms with Gasteiger partial charge in [0.2, 0.25) is 0 Å². The molecule has 10 aromatic carbocycles. The van der Waals surface area contributed by atoms with Gasteiger partial charge in [0.25, 0.3) is 13.4 Å². The van der Waals surface area contributed by atoms with Gasteiger partial charge in [0.05, 0.1) is 34.1 Å². The van der Waals surface area contributed by atoms with E-state index in [1.165, 1.54) is 219 Å². The Bertz CT molecular complexity index is 7560. The van der Waals surface area contributed by atoms with Crippen molar-refractivity contribution in [2.75, 3.05) is 19.6 Å². The van der Waals surface area contributed by atoms with Crippen LogP contribution in [0.2, 0.25) is 0 Å². The van der Waals surface area contributed by atoms with E-state index in [-0.39, 0.29) is 105 Å². The zero-order valence-corrected chi connectivity index (χ0v) is 95.4. The molecule has 8 aliphatic carbocycles. The van der Waals surface area contributed by atoms with E-state index in [0.29, 0.717) is 0 Å². The van der Waals surface area contributed by atoms with Crippen molar-refractivity contribution in [1.82, 2.24) is 0 Å². The molecule has 0 amide bonds. The normalized spacial score (nSPS) is 23.2. The molecular formula is C137H166B2N4O2. The molecule has 145 heavy (non-hydrogen) atoms. The Balaban J connectivity index is 0.749. The van der Waals surface area contributed by atoms with Gasteiger partial charge >= 0.3 is 0 Å². The van der Waals surface area contributed by atoms with Crippen molar-refractivity contribution in [3.05, 3.63) is 270 Å². The van der Waals surface area contributed by atoms with E-state index in [1.54, 1.807) is 0 Å². The Morgan fingerprint density at radius 2 is 0.572 bits per heavy atom. The minimum absolute atomic E-state index is 0.0114. The van der Waals surface area contributed by atoms with Gasteiger partial charge in [-0.2, -0.15) is 0 Å². The van der Waals surface area contributed by atoms with Gasteiger partial charge in [-0.25, -0.2) is 0 Å². The Labute approximate surface area is 872 Å². The van der Waals surface area contributed by atoms with Crippen LogP contribution in [-0.2, 0) is 98.5 Å². The SMILES string of the molecule is Cc1cc2c3c(c1)N(c1ccc4c(c1)C(C)(C)CCC4(C)C)c1c(oc4c1C(C)(C)CCC4(C)C)B3c1cc3c(cc1N2c1cc2c(cc1-c1cccc(CC4(C)CCC(C)(C)c5cc6c(cc54)B4c5oc7c(c5N(c5ccc8c(c5)C(C)(C)CCC8(C)C)c5cc(C(C)(C)C)cc(c54)N6c4cc5c(cc4-c4ccccc4)C(C)(C)CCC5(C)C)C(C)(C)CCC7(C)C)c1)C(C)(C)CCC2(C)C)C(C)(C)CCC3(C)C. The molecule has 1 atom stereocenters. The summed E-state index contributed by atoms with van der Waals surface area (Å²) in [7, 11) is 0. The predicted octanol–water partition coefficient (Wildman–Crippen LogP) is 34.0. The van der Waals surface area contributed by atoms with Crippen molar-refractivity contribution in [1.29, 1.82) is 0 Å². The van der Waals surface area contributed by atoms with E-state index in [1.807, 2.05) is 0 Å². The predicted molar refractivity (Wildman–Crippen MR) is 620 cm³/mol. The van der Waals surface area contributed by atoms with Crippen LogP contribution in [0.1, 0.15) is 444 Å². The maximum absolute atomic E-state index is 8.41. The molecule has 0 bridgehead atoms. The second-order valence-electron chi connectivity index (χ2n) is 59.9. The standard InChI is InChI=1S/C137H166B2N4O2/c1-80-64-107-113-108(65-80)142(105-77-98-95(128(17,18)54-57-131(98,23)24)73-101(105)138(113)119-115(111-117(144-119)135(31,32)60-58-133(111,27)28)140(107)85-44-46-89-91(69-85)124(9,10)50-48-122(89,5)6)104-76-97-94(127(15,16)53-56-130(97,21)22)72-88(104)83-43-39-40-81(66-83)79-137(35)63-62-132(25,26)99-78-106-102(74-100(99)137)139-114-109(141(86-45-47-90-92(70-86)125(11,12)51-49-123(90,7)8)116-112-118(145-120(116)139)136(33,34)61-59-134(112,29)30)67-84(121(2,3)4)68-110(114)143(106)103-75-96-93(126(13,14)52-55-129(96,19)20)71-87(103)82-41-37-36-38-42-82/h36-47,64-78H,48-63,79H2,1-35H3. The highest BCUT2D eigenvalue weighted by atomic mass is 16.3. The average molecular weight is 1920 g/mol. The highest BCUT2D eigenvalue weighted by molar-refractivity contribution is 7.00. The Morgan fingerprint density at radius 3 is 0.979 bits per heavy atom. The lowest BCUT2D eigenvalue weighted by molar-refractivity contribution is 0.282. The molecule has 6 heterocycles. The molecule has 2 aromatic heterocycles. The second-order valence-corrected chi connectivity index (χ2v) is 59.9. The largest absolute Gasteiger partial charge is 0.472 e. The summed E-state index contributed by atoms with van der Waals surface area (Å²) in [6.07, 6.45) is 18.5. The van der Waals surface area contributed by atoms with E-state index in [0.717, 1.165) is 120 Å². The Hall–Kier alpha value is -9.91. The highest BCUT2D eigenvalue weighted by Gasteiger charge is 2.59. The third-order valence-electron chi connectivity index (χ3n) is 41.4. The fourth-order valence-corrected chi connectivity index (χ4v) is 30.8. The number of furan rings is 2. The van der Waals surface area contributed by atoms with Crippen LogP contribution in [0.15, 0.2) is 173 Å². The number of rotatable bonds is 8. The van der Waals surface area contributed by atoms with E-state index >= 15 is 0 Å². The molecule has 0 fully saturated rings. The molecule has 0 N–H and O–H groups in total. The van der Waals surface area contributed by atoms with Gasteiger partial charge in [0.1, 0.15) is 11.5 Å². The summed E-state index contributed by atoms with van der Waals surface area (Å²) in [6, 6.07) is 69.8. The summed E-state index contributed by atoms with van der Waals surface area (Å²) in [5.41, 5.74) is 50.3. The van der Waals surface area contributed by atoms with Crippen LogP contribution < -0.4 is 52.8 Å². The number of fused-ring (bicyclic) bond motifs is 18. The van der Waals surface area contributed by atoms with Gasteiger partial charge in [-0.3, -0.25) is 0 Å². The molecular weight excluding hydrogens is 1760 g/mol. The van der Waals surface area contributed by atoms with Crippen molar-refractivity contribution < 1.29 is 8.83 Å². The molecule has 6 nitrogen and oxygen atoms in total. The number of aryl methyl sites for hydroxylation is 1. The summed E-state index contributed by atoms with van der Waals surface area (Å²) in [6.45, 7) is 87.8. The van der Waals surface area contributed by atoms with Crippen molar-refractivity contribution in [2.24, 2.45) is 0 Å². The maximum Gasteiger partial charge on any atom is 0.297 e. The second kappa shape index (κ2) is 30.5. The monoisotopic (exact) mass is 1920 g/mol. The quantitative estimate of drug-likeness (QED) is 0.141. The van der Waals surface area contributed by atoms with Gasteiger partial charge in [-0.1, -0.05) is 314 Å². The van der Waals surface area contributed by atoms with Crippen LogP contribution in [0.4, 0.5) is 68.2 Å². The minimum atomic E-state index is -0.325. The van der Waals surface area contributed by atoms with Gasteiger partial charge in [0, 0.05) is 78.6 Å². The molecule has 0 saturated heterocycles. The minimum Gasteiger partial charge on any atom is -0.472 e. The Kier molecular flexibility index (Phi) is 20.4. The lowest BCUT2D eigenvalue weighted by Crippen LogP contribution is -2.61. The van der Waals surface area contributed by atoms with Crippen LogP contribution >= 0.6 is 0 Å². The fraction of sp³-hybridized carbons (Fsp3) is 0.504. The lowest BCUT2D eigenvalue weighted by Gasteiger charge is -2.49. The first-order chi connectivity index (χ1) is 67.4. The smallest absolute Gasteiger partial charge is 0.297 e. The lowest BCUT2D eigenvalue weighted by atomic mass is 9.34. The van der Waals surface area contributed by atoms with E-state index in [9.17, 15) is 0 Å². The molecule has 12 aliphatic rings. The van der Waals surface area contributed by atoms with E-state index in [2.05, 4.69) is 426 Å². The topological polar surface area (TPSA) is 39.2 Å². The molecule has 0 saturated carbocycles. The van der Waals surface area contributed by atoms with Crippen molar-refractivity contribution in [2.45, 2.75) is 444 Å². The number of anilines is 12. The highest BCUT2D eigenvalue weighted by Crippen LogP contribution is 2.65. The third-order valence-corrected chi connectivity index (χ3v) is 41.4. The number of benzene rings is 10. The number of hydrogen-bond acceptors (Lipinski definition) is 6. The molecule has 0 radical (unpaired) electrons. The summed E-state index contributed by atoms with van der Waals surface area (Å²) < 4.78 is 16.6. The first-order valence-corrected chi connectivity index (χ1v) is 56.5. The first kappa shape index (κ1) is 97.2. The van der Waals surface area contributed by atoms with Crippen molar-refractivity contribution in [3.8, 4) is 22.3 Å². The van der Waals surface area contributed by atoms with Gasteiger partial charge < -0.3 is 28.4 Å². The molecule has 8 heteroatoms. The molecule has 24 rings (SSSR count). The van der Waals surface area contributed by atoms with E-state index in [4.69, 9.17) is 8.83 Å². The summed E-state index contributed by atoms with van der Waals surface area (Å²) in [4.78, 5) is 11.3. The summed E-state index contributed by atoms with van der Waals surface area (Å²) in [5, 5.41) is 0.